The maximum Gasteiger partial charge on any atom is 0.307 e. The first-order chi connectivity index (χ1) is 9.10. The first-order valence-corrected chi connectivity index (χ1v) is 6.19. The van der Waals surface area contributed by atoms with Crippen molar-refractivity contribution in [1.29, 1.82) is 0 Å². The predicted molar refractivity (Wildman–Crippen MR) is 72.6 cm³/mol. The molecular formula is C16H15FO2. The molecule has 0 amide bonds. The zero-order valence-corrected chi connectivity index (χ0v) is 10.7. The number of benzene rings is 2. The highest BCUT2D eigenvalue weighted by Gasteiger charge is 2.08. The molecule has 0 radical (unpaired) electrons. The number of carboxylic acid groups (broad SMARTS) is 1. The summed E-state index contributed by atoms with van der Waals surface area (Å²) in [5.41, 5.74) is 3.13. The minimum absolute atomic E-state index is 0.210. The second kappa shape index (κ2) is 5.65. The number of rotatable bonds is 4. The topological polar surface area (TPSA) is 37.3 Å². The molecule has 2 aromatic carbocycles. The summed E-state index contributed by atoms with van der Waals surface area (Å²) in [6, 6.07) is 12.6. The zero-order valence-electron chi connectivity index (χ0n) is 10.7. The van der Waals surface area contributed by atoms with Gasteiger partial charge in [0.2, 0.25) is 0 Å². The number of halogens is 1. The van der Waals surface area contributed by atoms with E-state index in [1.807, 2.05) is 24.3 Å². The summed E-state index contributed by atoms with van der Waals surface area (Å²) < 4.78 is 13.8. The molecule has 3 heteroatoms. The van der Waals surface area contributed by atoms with Crippen LogP contribution in [0.25, 0.3) is 11.1 Å². The summed E-state index contributed by atoms with van der Waals surface area (Å²) >= 11 is 0. The van der Waals surface area contributed by atoms with Crippen molar-refractivity contribution in [2.24, 2.45) is 0 Å². The molecule has 1 N–H and O–H groups in total. The Balaban J connectivity index is 2.30. The molecule has 0 fully saturated rings. The van der Waals surface area contributed by atoms with Crippen LogP contribution in [-0.4, -0.2) is 11.1 Å². The van der Waals surface area contributed by atoms with Gasteiger partial charge in [-0.1, -0.05) is 43.3 Å². The van der Waals surface area contributed by atoms with Crippen LogP contribution in [0.2, 0.25) is 0 Å². The predicted octanol–water partition coefficient (Wildman–Crippen LogP) is 3.68. The molecule has 98 valence electrons. The second-order valence-electron chi connectivity index (χ2n) is 4.43. The lowest BCUT2D eigenvalue weighted by molar-refractivity contribution is -0.136. The molecule has 0 unspecified atom stereocenters. The smallest absolute Gasteiger partial charge is 0.307 e. The van der Waals surface area contributed by atoms with Crippen molar-refractivity contribution in [3.05, 3.63) is 59.4 Å². The van der Waals surface area contributed by atoms with E-state index >= 15 is 0 Å². The van der Waals surface area contributed by atoms with E-state index in [-0.39, 0.29) is 12.0 Å². The van der Waals surface area contributed by atoms with E-state index in [1.165, 1.54) is 17.7 Å². The zero-order chi connectivity index (χ0) is 13.8. The lowest BCUT2D eigenvalue weighted by atomic mass is 10.0. The van der Waals surface area contributed by atoms with Crippen LogP contribution >= 0.6 is 0 Å². The van der Waals surface area contributed by atoms with Gasteiger partial charge in [-0.25, -0.2) is 4.39 Å². The van der Waals surface area contributed by atoms with Crippen LogP contribution < -0.4 is 0 Å². The van der Waals surface area contributed by atoms with Crippen molar-refractivity contribution in [2.45, 2.75) is 19.8 Å². The van der Waals surface area contributed by atoms with Gasteiger partial charge >= 0.3 is 5.97 Å². The van der Waals surface area contributed by atoms with Crippen molar-refractivity contribution in [2.75, 3.05) is 0 Å². The van der Waals surface area contributed by atoms with Gasteiger partial charge in [0.1, 0.15) is 5.82 Å². The van der Waals surface area contributed by atoms with Gasteiger partial charge in [-0.3, -0.25) is 4.79 Å². The Hall–Kier alpha value is -2.16. The molecule has 0 bridgehead atoms. The van der Waals surface area contributed by atoms with Gasteiger partial charge in [0.25, 0.3) is 0 Å². The fourth-order valence-corrected chi connectivity index (χ4v) is 1.97. The van der Waals surface area contributed by atoms with Gasteiger partial charge in [-0.2, -0.15) is 0 Å². The van der Waals surface area contributed by atoms with Gasteiger partial charge in [0, 0.05) is 0 Å². The van der Waals surface area contributed by atoms with Crippen molar-refractivity contribution >= 4 is 5.97 Å². The van der Waals surface area contributed by atoms with Crippen molar-refractivity contribution in [1.82, 2.24) is 0 Å². The Bertz CT molecular complexity index is 588. The summed E-state index contributed by atoms with van der Waals surface area (Å²) in [7, 11) is 0. The maximum atomic E-state index is 13.8. The SMILES string of the molecule is CCc1ccc(-c2ccc(CC(=O)O)c(F)c2)cc1. The molecule has 0 aliphatic carbocycles. The quantitative estimate of drug-likeness (QED) is 0.908. The van der Waals surface area contributed by atoms with E-state index in [2.05, 4.69) is 6.92 Å². The average Bonchev–Trinajstić information content (AvgIpc) is 2.41. The van der Waals surface area contributed by atoms with Gasteiger partial charge in [-0.05, 0) is 34.7 Å². The van der Waals surface area contributed by atoms with E-state index in [0.717, 1.165) is 17.5 Å². The lowest BCUT2D eigenvalue weighted by Gasteiger charge is -2.06. The third-order valence-electron chi connectivity index (χ3n) is 3.09. The maximum absolute atomic E-state index is 13.8. The second-order valence-corrected chi connectivity index (χ2v) is 4.43. The van der Waals surface area contributed by atoms with Crippen LogP contribution in [-0.2, 0) is 17.6 Å². The number of hydrogen-bond acceptors (Lipinski definition) is 1. The normalized spacial score (nSPS) is 10.4. The van der Waals surface area contributed by atoms with E-state index in [0.29, 0.717) is 0 Å². The van der Waals surface area contributed by atoms with Gasteiger partial charge in [-0.15, -0.1) is 0 Å². The molecule has 0 saturated carbocycles. The molecule has 2 aromatic rings. The van der Waals surface area contributed by atoms with Gasteiger partial charge in [0.15, 0.2) is 0 Å². The lowest BCUT2D eigenvalue weighted by Crippen LogP contribution is -2.02. The number of aliphatic carboxylic acids is 1. The molecular weight excluding hydrogens is 243 g/mol. The standard InChI is InChI=1S/C16H15FO2/c1-2-11-3-5-12(6-4-11)13-7-8-14(10-16(18)19)15(17)9-13/h3-9H,2,10H2,1H3,(H,18,19). The molecule has 0 aromatic heterocycles. The molecule has 2 rings (SSSR count). The fraction of sp³-hybridized carbons (Fsp3) is 0.188. The summed E-state index contributed by atoms with van der Waals surface area (Å²) in [6.07, 6.45) is 0.674. The van der Waals surface area contributed by atoms with Crippen molar-refractivity contribution in [3.63, 3.8) is 0 Å². The van der Waals surface area contributed by atoms with Crippen LogP contribution in [0.1, 0.15) is 18.1 Å². The third kappa shape index (κ3) is 3.19. The van der Waals surface area contributed by atoms with E-state index < -0.39 is 11.8 Å². The Labute approximate surface area is 111 Å². The van der Waals surface area contributed by atoms with Crippen LogP contribution in [0.5, 0.6) is 0 Å². The van der Waals surface area contributed by atoms with Crippen molar-refractivity contribution < 1.29 is 14.3 Å². The minimum Gasteiger partial charge on any atom is -0.481 e. The minimum atomic E-state index is -1.03. The summed E-state index contributed by atoms with van der Waals surface area (Å²) in [4.78, 5) is 10.6. The highest BCUT2D eigenvalue weighted by Crippen LogP contribution is 2.23. The van der Waals surface area contributed by atoms with E-state index in [9.17, 15) is 9.18 Å². The number of hydrogen-bond donors (Lipinski definition) is 1. The molecule has 0 atom stereocenters. The Kier molecular flexibility index (Phi) is 3.95. The highest BCUT2D eigenvalue weighted by molar-refractivity contribution is 5.71. The Morgan fingerprint density at radius 1 is 1.11 bits per heavy atom. The third-order valence-corrected chi connectivity index (χ3v) is 3.09. The summed E-state index contributed by atoms with van der Waals surface area (Å²) in [6.45, 7) is 2.08. The summed E-state index contributed by atoms with van der Waals surface area (Å²) in [5, 5.41) is 8.67. The molecule has 19 heavy (non-hydrogen) atoms. The molecule has 0 saturated heterocycles. The molecule has 0 aliphatic rings. The fourth-order valence-electron chi connectivity index (χ4n) is 1.97. The van der Waals surface area contributed by atoms with Crippen LogP contribution in [0.15, 0.2) is 42.5 Å². The van der Waals surface area contributed by atoms with Gasteiger partial charge in [0.05, 0.1) is 6.42 Å². The van der Waals surface area contributed by atoms with E-state index in [1.54, 1.807) is 6.07 Å². The number of carbonyl (C=O) groups is 1. The largest absolute Gasteiger partial charge is 0.481 e. The Morgan fingerprint density at radius 2 is 1.74 bits per heavy atom. The monoisotopic (exact) mass is 258 g/mol. The van der Waals surface area contributed by atoms with Crippen LogP contribution in [0.3, 0.4) is 0 Å². The number of carboxylic acids is 1. The molecule has 0 heterocycles. The first kappa shape index (κ1) is 13.3. The summed E-state index contributed by atoms with van der Waals surface area (Å²) in [5.74, 6) is -1.50. The average molecular weight is 258 g/mol. The first-order valence-electron chi connectivity index (χ1n) is 6.19. The van der Waals surface area contributed by atoms with Crippen LogP contribution in [0, 0.1) is 5.82 Å². The van der Waals surface area contributed by atoms with Crippen LogP contribution in [0.4, 0.5) is 4.39 Å². The van der Waals surface area contributed by atoms with E-state index in [4.69, 9.17) is 5.11 Å². The number of aryl methyl sites for hydroxylation is 1. The molecule has 0 aliphatic heterocycles. The van der Waals surface area contributed by atoms with Gasteiger partial charge < -0.3 is 5.11 Å². The molecule has 2 nitrogen and oxygen atoms in total. The highest BCUT2D eigenvalue weighted by atomic mass is 19.1. The van der Waals surface area contributed by atoms with Crippen molar-refractivity contribution in [3.8, 4) is 11.1 Å². The molecule has 0 spiro atoms. The Morgan fingerprint density at radius 3 is 2.26 bits per heavy atom.